The molecule has 1 aromatic carbocycles. The smallest absolute Gasteiger partial charge is 0.0720 e. The lowest BCUT2D eigenvalue weighted by molar-refractivity contribution is 0.166. The van der Waals surface area contributed by atoms with Crippen molar-refractivity contribution >= 4 is 10.9 Å². The van der Waals surface area contributed by atoms with Gasteiger partial charge in [0.2, 0.25) is 0 Å². The fourth-order valence-corrected chi connectivity index (χ4v) is 2.04. The minimum Gasteiger partial charge on any atom is -0.383 e. The van der Waals surface area contributed by atoms with Gasteiger partial charge in [-0.3, -0.25) is 16.0 Å². The van der Waals surface area contributed by atoms with Gasteiger partial charge in [0.25, 0.3) is 0 Å². The Morgan fingerprint density at radius 1 is 1.47 bits per heavy atom. The van der Waals surface area contributed by atoms with Gasteiger partial charge in [-0.15, -0.1) is 0 Å². The van der Waals surface area contributed by atoms with Crippen molar-refractivity contribution in [3.8, 4) is 0 Å². The molecule has 0 saturated carbocycles. The molecule has 5 heteroatoms. The number of ether oxygens (including phenoxy) is 1. The fourth-order valence-electron chi connectivity index (χ4n) is 2.04. The van der Waals surface area contributed by atoms with E-state index in [-0.39, 0.29) is 6.04 Å². The molecule has 1 unspecified atom stereocenters. The van der Waals surface area contributed by atoms with E-state index in [9.17, 15) is 0 Å². The lowest BCUT2D eigenvalue weighted by atomic mass is 10.1. The number of rotatable bonds is 5. The molecule has 1 heterocycles. The summed E-state index contributed by atoms with van der Waals surface area (Å²) in [6, 6.07) is 8.26. The van der Waals surface area contributed by atoms with E-state index in [0.717, 1.165) is 17.6 Å². The van der Waals surface area contributed by atoms with Crippen LogP contribution in [0.5, 0.6) is 0 Å². The molecule has 17 heavy (non-hydrogen) atoms. The van der Waals surface area contributed by atoms with Crippen LogP contribution in [0.1, 0.15) is 5.69 Å². The normalized spacial score (nSPS) is 13.1. The topological polar surface area (TPSA) is 65.1 Å². The second kappa shape index (κ2) is 5.27. The maximum absolute atomic E-state index is 5.49. The summed E-state index contributed by atoms with van der Waals surface area (Å²) in [6.07, 6.45) is 0.756. The Labute approximate surface area is 101 Å². The zero-order chi connectivity index (χ0) is 12.3. The number of methoxy groups -OCH3 is 1. The third-order valence-corrected chi connectivity index (χ3v) is 2.88. The zero-order valence-electron chi connectivity index (χ0n) is 10.2. The first-order valence-corrected chi connectivity index (χ1v) is 5.62. The molecular weight excluding hydrogens is 216 g/mol. The van der Waals surface area contributed by atoms with Gasteiger partial charge in [0.1, 0.15) is 0 Å². The van der Waals surface area contributed by atoms with Gasteiger partial charge in [-0.1, -0.05) is 18.2 Å². The van der Waals surface area contributed by atoms with Crippen LogP contribution >= 0.6 is 0 Å². The standard InChI is InChI=1S/C12H18N4O/c1-16-12-6-4-3-5-10(12)11(15-16)7-9(14-13)8-17-2/h3-6,9,14H,7-8,13H2,1-2H3. The minimum absolute atomic E-state index is 0.0818. The van der Waals surface area contributed by atoms with Gasteiger partial charge < -0.3 is 4.74 Å². The number of nitrogens with one attached hydrogen (secondary N) is 1. The first kappa shape index (κ1) is 12.0. The number of para-hydroxylation sites is 1. The number of nitrogens with zero attached hydrogens (tertiary/aromatic N) is 2. The molecule has 0 spiro atoms. The summed E-state index contributed by atoms with van der Waals surface area (Å²) in [7, 11) is 3.62. The number of hydrogen-bond donors (Lipinski definition) is 2. The summed E-state index contributed by atoms with van der Waals surface area (Å²) in [5.41, 5.74) is 4.93. The molecule has 0 saturated heterocycles. The molecule has 3 N–H and O–H groups in total. The summed E-state index contributed by atoms with van der Waals surface area (Å²) < 4.78 is 7.00. The molecule has 92 valence electrons. The second-order valence-electron chi connectivity index (χ2n) is 4.11. The summed E-state index contributed by atoms with van der Waals surface area (Å²) in [6.45, 7) is 0.571. The average molecular weight is 234 g/mol. The third-order valence-electron chi connectivity index (χ3n) is 2.88. The highest BCUT2D eigenvalue weighted by molar-refractivity contribution is 5.81. The number of hydrazine groups is 1. The van der Waals surface area contributed by atoms with E-state index < -0.39 is 0 Å². The van der Waals surface area contributed by atoms with E-state index in [1.165, 1.54) is 5.39 Å². The molecule has 0 aliphatic carbocycles. The van der Waals surface area contributed by atoms with Gasteiger partial charge in [0, 0.05) is 26.0 Å². The Bertz CT molecular complexity index is 494. The van der Waals surface area contributed by atoms with Crippen LogP contribution in [0.2, 0.25) is 0 Å². The highest BCUT2D eigenvalue weighted by Gasteiger charge is 2.13. The zero-order valence-corrected chi connectivity index (χ0v) is 10.2. The predicted molar refractivity (Wildman–Crippen MR) is 67.4 cm³/mol. The van der Waals surface area contributed by atoms with Crippen molar-refractivity contribution < 1.29 is 4.74 Å². The summed E-state index contributed by atoms with van der Waals surface area (Å²) >= 11 is 0. The monoisotopic (exact) mass is 234 g/mol. The molecule has 0 aliphatic heterocycles. The van der Waals surface area contributed by atoms with Crippen LogP contribution in [0.25, 0.3) is 10.9 Å². The van der Waals surface area contributed by atoms with E-state index in [1.54, 1.807) is 7.11 Å². The average Bonchev–Trinajstić information content (AvgIpc) is 2.66. The molecule has 2 rings (SSSR count). The Balaban J connectivity index is 2.29. The second-order valence-corrected chi connectivity index (χ2v) is 4.11. The predicted octanol–water partition coefficient (Wildman–Crippen LogP) is 0.594. The van der Waals surface area contributed by atoms with Crippen molar-refractivity contribution in [2.75, 3.05) is 13.7 Å². The van der Waals surface area contributed by atoms with Crippen molar-refractivity contribution in [2.45, 2.75) is 12.5 Å². The molecule has 0 bridgehead atoms. The van der Waals surface area contributed by atoms with E-state index in [2.05, 4.69) is 22.7 Å². The Kier molecular flexibility index (Phi) is 3.73. The number of benzene rings is 1. The number of aryl methyl sites for hydroxylation is 1. The van der Waals surface area contributed by atoms with Crippen molar-refractivity contribution in [3.63, 3.8) is 0 Å². The quantitative estimate of drug-likeness (QED) is 0.587. The highest BCUT2D eigenvalue weighted by atomic mass is 16.5. The Morgan fingerprint density at radius 3 is 2.94 bits per heavy atom. The van der Waals surface area contributed by atoms with Gasteiger partial charge in [0.05, 0.1) is 23.9 Å². The van der Waals surface area contributed by atoms with E-state index >= 15 is 0 Å². The maximum Gasteiger partial charge on any atom is 0.0720 e. The van der Waals surface area contributed by atoms with Crippen molar-refractivity contribution in [2.24, 2.45) is 12.9 Å². The Hall–Kier alpha value is -1.43. The fraction of sp³-hybridized carbons (Fsp3) is 0.417. The maximum atomic E-state index is 5.49. The molecule has 1 aromatic heterocycles. The number of fused-ring (bicyclic) bond motifs is 1. The highest BCUT2D eigenvalue weighted by Crippen LogP contribution is 2.18. The molecular formula is C12H18N4O. The van der Waals surface area contributed by atoms with Crippen LogP contribution in [0.3, 0.4) is 0 Å². The molecule has 5 nitrogen and oxygen atoms in total. The summed E-state index contributed by atoms with van der Waals surface area (Å²) in [5.74, 6) is 5.49. The number of aromatic nitrogens is 2. The molecule has 0 amide bonds. The number of hydrogen-bond acceptors (Lipinski definition) is 4. The van der Waals surface area contributed by atoms with Gasteiger partial charge >= 0.3 is 0 Å². The van der Waals surface area contributed by atoms with Crippen LogP contribution < -0.4 is 11.3 Å². The lowest BCUT2D eigenvalue weighted by Crippen LogP contribution is -2.40. The molecule has 1 atom stereocenters. The molecule has 0 radical (unpaired) electrons. The molecule has 0 fully saturated rings. The number of nitrogens with two attached hydrogens (primary N) is 1. The summed E-state index contributed by atoms with van der Waals surface area (Å²) in [5, 5.41) is 5.70. The van der Waals surface area contributed by atoms with Crippen molar-refractivity contribution in [1.82, 2.24) is 15.2 Å². The van der Waals surface area contributed by atoms with E-state index in [4.69, 9.17) is 10.6 Å². The Morgan fingerprint density at radius 2 is 2.24 bits per heavy atom. The first-order chi connectivity index (χ1) is 8.26. The van der Waals surface area contributed by atoms with E-state index in [1.807, 2.05) is 23.9 Å². The largest absolute Gasteiger partial charge is 0.383 e. The lowest BCUT2D eigenvalue weighted by Gasteiger charge is -2.13. The molecule has 0 aliphatic rings. The van der Waals surface area contributed by atoms with Gasteiger partial charge in [0.15, 0.2) is 0 Å². The van der Waals surface area contributed by atoms with Gasteiger partial charge in [-0.2, -0.15) is 5.10 Å². The summed E-state index contributed by atoms with van der Waals surface area (Å²) in [4.78, 5) is 0. The van der Waals surface area contributed by atoms with Crippen LogP contribution in [0, 0.1) is 0 Å². The first-order valence-electron chi connectivity index (χ1n) is 5.62. The minimum atomic E-state index is 0.0818. The van der Waals surface area contributed by atoms with Crippen LogP contribution in [0.4, 0.5) is 0 Å². The van der Waals surface area contributed by atoms with Crippen LogP contribution in [0.15, 0.2) is 24.3 Å². The van der Waals surface area contributed by atoms with Gasteiger partial charge in [-0.25, -0.2) is 0 Å². The van der Waals surface area contributed by atoms with Crippen LogP contribution in [-0.2, 0) is 18.2 Å². The van der Waals surface area contributed by atoms with Crippen molar-refractivity contribution in [1.29, 1.82) is 0 Å². The SMILES string of the molecule is COCC(Cc1nn(C)c2ccccc12)NN. The van der Waals surface area contributed by atoms with Gasteiger partial charge in [-0.05, 0) is 6.07 Å². The third kappa shape index (κ3) is 2.46. The van der Waals surface area contributed by atoms with Crippen LogP contribution in [-0.4, -0.2) is 29.5 Å². The van der Waals surface area contributed by atoms with E-state index in [0.29, 0.717) is 6.61 Å². The molecule has 2 aromatic rings. The van der Waals surface area contributed by atoms with Crippen molar-refractivity contribution in [3.05, 3.63) is 30.0 Å².